The molecule has 0 N–H and O–H groups in total. The van der Waals surface area contributed by atoms with Gasteiger partial charge in [-0.25, -0.2) is 0 Å². The minimum atomic E-state index is 0. The van der Waals surface area contributed by atoms with Gasteiger partial charge in [0.15, 0.2) is 0 Å². The van der Waals surface area contributed by atoms with E-state index in [1.165, 1.54) is 0 Å². The Morgan fingerprint density at radius 1 is 1.44 bits per heavy atom. The van der Waals surface area contributed by atoms with Gasteiger partial charge in [0, 0.05) is 6.20 Å². The van der Waals surface area contributed by atoms with Gasteiger partial charge in [0.05, 0.1) is 11.6 Å². The second kappa shape index (κ2) is 4.59. The topological polar surface area (TPSA) is 12.9 Å². The molecule has 0 radical (unpaired) electrons. The molecular formula is C6H7Cl2N. The zero-order valence-electron chi connectivity index (χ0n) is 4.75. The monoisotopic (exact) mass is 163 g/mol. The molecule has 0 amide bonds. The van der Waals surface area contributed by atoms with Crippen LogP contribution < -0.4 is 0 Å². The van der Waals surface area contributed by atoms with Crippen LogP contribution in [0.15, 0.2) is 24.4 Å². The predicted octanol–water partition coefficient (Wildman–Crippen LogP) is 2.24. The maximum absolute atomic E-state index is 5.46. The van der Waals surface area contributed by atoms with E-state index in [2.05, 4.69) is 4.98 Å². The van der Waals surface area contributed by atoms with Crippen molar-refractivity contribution in [2.75, 3.05) is 0 Å². The third-order valence-corrected chi connectivity index (χ3v) is 1.14. The fourth-order valence-electron chi connectivity index (χ4n) is 0.477. The molecule has 0 atom stereocenters. The van der Waals surface area contributed by atoms with E-state index in [1.807, 2.05) is 18.2 Å². The highest BCUT2D eigenvalue weighted by molar-refractivity contribution is 6.16. The van der Waals surface area contributed by atoms with Crippen LogP contribution in [0.1, 0.15) is 5.69 Å². The van der Waals surface area contributed by atoms with Gasteiger partial charge in [-0.1, -0.05) is 6.07 Å². The number of pyridine rings is 1. The standard InChI is InChI=1S/C6H6ClN.ClH/c7-5-6-3-1-2-4-8-6;/h1-4H,5H2;1H. The number of aromatic nitrogens is 1. The van der Waals surface area contributed by atoms with Gasteiger partial charge in [-0.3, -0.25) is 4.98 Å². The normalized spacial score (nSPS) is 8.11. The predicted molar refractivity (Wildman–Crippen MR) is 41.0 cm³/mol. The van der Waals surface area contributed by atoms with Crippen molar-refractivity contribution in [3.63, 3.8) is 0 Å². The van der Waals surface area contributed by atoms with Crippen LogP contribution in [0.25, 0.3) is 0 Å². The fourth-order valence-corrected chi connectivity index (χ4v) is 0.635. The number of alkyl halides is 1. The van der Waals surface area contributed by atoms with Gasteiger partial charge < -0.3 is 0 Å². The Morgan fingerprint density at radius 3 is 2.56 bits per heavy atom. The van der Waals surface area contributed by atoms with E-state index in [0.29, 0.717) is 5.88 Å². The van der Waals surface area contributed by atoms with Crippen molar-refractivity contribution in [2.24, 2.45) is 0 Å². The molecule has 0 bridgehead atoms. The molecule has 9 heavy (non-hydrogen) atoms. The molecule has 1 aromatic rings. The zero-order valence-corrected chi connectivity index (χ0v) is 6.32. The molecule has 0 unspecified atom stereocenters. The highest BCUT2D eigenvalue weighted by Crippen LogP contribution is 1.95. The van der Waals surface area contributed by atoms with Crippen LogP contribution in [-0.4, -0.2) is 4.98 Å². The van der Waals surface area contributed by atoms with E-state index in [0.717, 1.165) is 5.69 Å². The van der Waals surface area contributed by atoms with E-state index in [1.54, 1.807) is 6.20 Å². The van der Waals surface area contributed by atoms with Crippen LogP contribution in [0, 0.1) is 0 Å². The largest absolute Gasteiger partial charge is 0.260 e. The summed E-state index contributed by atoms with van der Waals surface area (Å²) in [6, 6.07) is 5.69. The summed E-state index contributed by atoms with van der Waals surface area (Å²) < 4.78 is 0. The molecule has 1 heterocycles. The average molecular weight is 164 g/mol. The Hall–Kier alpha value is -0.270. The van der Waals surface area contributed by atoms with Crippen molar-refractivity contribution in [3.05, 3.63) is 30.1 Å². The van der Waals surface area contributed by atoms with Gasteiger partial charge in [0.1, 0.15) is 0 Å². The minimum Gasteiger partial charge on any atom is -0.260 e. The van der Waals surface area contributed by atoms with Crippen molar-refractivity contribution in [2.45, 2.75) is 5.88 Å². The highest BCUT2D eigenvalue weighted by atomic mass is 35.5. The van der Waals surface area contributed by atoms with Crippen LogP contribution in [-0.2, 0) is 5.88 Å². The number of halogens is 2. The number of rotatable bonds is 1. The Labute approximate surface area is 65.5 Å². The first-order valence-electron chi connectivity index (χ1n) is 2.39. The van der Waals surface area contributed by atoms with E-state index < -0.39 is 0 Å². The van der Waals surface area contributed by atoms with Gasteiger partial charge in [0.25, 0.3) is 0 Å². The van der Waals surface area contributed by atoms with Crippen LogP contribution in [0.5, 0.6) is 0 Å². The Bertz CT molecular complexity index is 152. The Balaban J connectivity index is 0.000000640. The lowest BCUT2D eigenvalue weighted by molar-refractivity contribution is 1.17. The lowest BCUT2D eigenvalue weighted by Gasteiger charge is -1.87. The second-order valence-corrected chi connectivity index (χ2v) is 1.72. The number of nitrogens with zero attached hydrogens (tertiary/aromatic N) is 1. The maximum atomic E-state index is 5.46. The summed E-state index contributed by atoms with van der Waals surface area (Å²) in [4.78, 5) is 3.97. The van der Waals surface area contributed by atoms with Crippen molar-refractivity contribution in [1.82, 2.24) is 4.98 Å². The number of hydrogen-bond donors (Lipinski definition) is 0. The lowest BCUT2D eigenvalue weighted by Crippen LogP contribution is -1.79. The molecule has 3 heteroatoms. The third-order valence-electron chi connectivity index (χ3n) is 0.863. The van der Waals surface area contributed by atoms with Crippen molar-refractivity contribution in [1.29, 1.82) is 0 Å². The lowest BCUT2D eigenvalue weighted by atomic mass is 10.4. The van der Waals surface area contributed by atoms with Gasteiger partial charge in [-0.2, -0.15) is 0 Å². The van der Waals surface area contributed by atoms with Crippen LogP contribution in [0.2, 0.25) is 0 Å². The molecule has 0 aliphatic rings. The Morgan fingerprint density at radius 2 is 2.22 bits per heavy atom. The van der Waals surface area contributed by atoms with Gasteiger partial charge in [-0.05, 0) is 12.1 Å². The first-order chi connectivity index (χ1) is 3.93. The van der Waals surface area contributed by atoms with Crippen molar-refractivity contribution < 1.29 is 0 Å². The fraction of sp³-hybridized carbons (Fsp3) is 0.167. The third kappa shape index (κ3) is 2.68. The van der Waals surface area contributed by atoms with Crippen LogP contribution in [0.4, 0.5) is 0 Å². The molecule has 1 aromatic heterocycles. The van der Waals surface area contributed by atoms with Gasteiger partial charge >= 0.3 is 0 Å². The molecule has 50 valence electrons. The molecule has 0 spiro atoms. The summed E-state index contributed by atoms with van der Waals surface area (Å²) in [5.41, 5.74) is 0.925. The summed E-state index contributed by atoms with van der Waals surface area (Å²) in [6.07, 6.45) is 1.73. The van der Waals surface area contributed by atoms with Gasteiger partial charge in [-0.15, -0.1) is 24.0 Å². The first kappa shape index (κ1) is 8.73. The molecule has 0 saturated heterocycles. The number of hydrogen-bond acceptors (Lipinski definition) is 1. The van der Waals surface area contributed by atoms with E-state index in [-0.39, 0.29) is 12.4 Å². The van der Waals surface area contributed by atoms with Crippen LogP contribution >= 0.6 is 24.0 Å². The molecule has 0 aromatic carbocycles. The van der Waals surface area contributed by atoms with Crippen LogP contribution in [0.3, 0.4) is 0 Å². The highest BCUT2D eigenvalue weighted by Gasteiger charge is 1.83. The molecule has 0 saturated carbocycles. The molecule has 1 rings (SSSR count). The smallest absolute Gasteiger partial charge is 0.0647 e. The molecule has 0 aliphatic heterocycles. The Kier molecular flexibility index (Phi) is 4.46. The van der Waals surface area contributed by atoms with Crippen molar-refractivity contribution >= 4 is 24.0 Å². The summed E-state index contributed by atoms with van der Waals surface area (Å²) in [6.45, 7) is 0. The van der Waals surface area contributed by atoms with E-state index in [9.17, 15) is 0 Å². The maximum Gasteiger partial charge on any atom is 0.0647 e. The molecule has 1 nitrogen and oxygen atoms in total. The summed E-state index contributed by atoms with van der Waals surface area (Å²) in [7, 11) is 0. The van der Waals surface area contributed by atoms with Gasteiger partial charge in [0.2, 0.25) is 0 Å². The molecular weight excluding hydrogens is 157 g/mol. The summed E-state index contributed by atoms with van der Waals surface area (Å²) >= 11 is 5.46. The quantitative estimate of drug-likeness (QED) is 0.580. The SMILES string of the molecule is Cl.ClCc1ccccn1. The summed E-state index contributed by atoms with van der Waals surface area (Å²) in [5, 5.41) is 0. The van der Waals surface area contributed by atoms with E-state index in [4.69, 9.17) is 11.6 Å². The minimum absolute atomic E-state index is 0. The zero-order chi connectivity index (χ0) is 5.82. The second-order valence-electron chi connectivity index (χ2n) is 1.45. The van der Waals surface area contributed by atoms with Crippen molar-refractivity contribution in [3.8, 4) is 0 Å². The van der Waals surface area contributed by atoms with E-state index >= 15 is 0 Å². The molecule has 0 fully saturated rings. The first-order valence-corrected chi connectivity index (χ1v) is 2.93. The average Bonchev–Trinajstić information content (AvgIpc) is 1.90. The summed E-state index contributed by atoms with van der Waals surface area (Å²) in [5.74, 6) is 0.501. The molecule has 0 aliphatic carbocycles.